The van der Waals surface area contributed by atoms with E-state index in [1.165, 1.54) is 31.7 Å². The van der Waals surface area contributed by atoms with Gasteiger partial charge in [-0.2, -0.15) is 0 Å². The average molecular weight is 263 g/mol. The fourth-order valence-electron chi connectivity index (χ4n) is 2.31. The van der Waals surface area contributed by atoms with Crippen molar-refractivity contribution in [1.29, 1.82) is 0 Å². The van der Waals surface area contributed by atoms with Gasteiger partial charge >= 0.3 is 0 Å². The molecule has 0 unspecified atom stereocenters. The van der Waals surface area contributed by atoms with Crippen molar-refractivity contribution in [3.63, 3.8) is 0 Å². The minimum atomic E-state index is -0.487. The second kappa shape index (κ2) is 4.83. The second-order valence-corrected chi connectivity index (χ2v) is 5.76. The van der Waals surface area contributed by atoms with Crippen LogP contribution in [0.15, 0.2) is 18.2 Å². The van der Waals surface area contributed by atoms with Gasteiger partial charge in [0.05, 0.1) is 5.56 Å². The highest BCUT2D eigenvalue weighted by Gasteiger charge is 2.32. The van der Waals surface area contributed by atoms with Crippen LogP contribution in [0.4, 0.5) is 4.39 Å². The van der Waals surface area contributed by atoms with Crippen LogP contribution in [0, 0.1) is 17.7 Å². The molecule has 3 nitrogen and oxygen atoms in total. The quantitative estimate of drug-likeness (QED) is 0.887. The lowest BCUT2D eigenvalue weighted by molar-refractivity contribution is 0.0736. The predicted octanol–water partition coefficient (Wildman–Crippen LogP) is 2.79. The summed E-state index contributed by atoms with van der Waals surface area (Å²) < 4.78 is 13.2. The van der Waals surface area contributed by atoms with E-state index in [9.17, 15) is 14.3 Å². The van der Waals surface area contributed by atoms with Crippen LogP contribution < -0.4 is 0 Å². The van der Waals surface area contributed by atoms with E-state index in [0.717, 1.165) is 25.2 Å². The standard InChI is InChI=1S/C15H18FNO2/c16-12-5-6-14(18)13(7-12)15(19)17(8-10-1-2-10)9-11-3-4-11/h5-7,10-11,18H,1-4,8-9H2. The van der Waals surface area contributed by atoms with E-state index in [2.05, 4.69) is 0 Å². The van der Waals surface area contributed by atoms with Gasteiger partial charge in [0, 0.05) is 13.1 Å². The molecule has 0 aromatic heterocycles. The molecule has 3 rings (SSSR count). The number of amides is 1. The number of hydrogen-bond donors (Lipinski definition) is 1. The summed E-state index contributed by atoms with van der Waals surface area (Å²) in [5, 5.41) is 9.74. The molecule has 2 fully saturated rings. The molecule has 1 aromatic rings. The molecule has 19 heavy (non-hydrogen) atoms. The van der Waals surface area contributed by atoms with E-state index in [1.54, 1.807) is 4.90 Å². The normalized spacial score (nSPS) is 18.4. The Bertz CT molecular complexity index is 481. The minimum Gasteiger partial charge on any atom is -0.507 e. The minimum absolute atomic E-state index is 0.0845. The van der Waals surface area contributed by atoms with Crippen molar-refractivity contribution in [2.45, 2.75) is 25.7 Å². The first-order chi connectivity index (χ1) is 9.13. The molecule has 1 amide bonds. The van der Waals surface area contributed by atoms with Gasteiger partial charge in [-0.25, -0.2) is 4.39 Å². The highest BCUT2D eigenvalue weighted by Crippen LogP contribution is 2.34. The first kappa shape index (κ1) is 12.5. The lowest BCUT2D eigenvalue weighted by Crippen LogP contribution is -2.34. The number of benzene rings is 1. The number of nitrogens with zero attached hydrogens (tertiary/aromatic N) is 1. The Kier molecular flexibility index (Phi) is 3.17. The first-order valence-electron chi connectivity index (χ1n) is 6.91. The number of phenolic OH excluding ortho intramolecular Hbond substituents is 1. The smallest absolute Gasteiger partial charge is 0.257 e. The molecular weight excluding hydrogens is 245 g/mol. The van der Waals surface area contributed by atoms with Crippen molar-refractivity contribution in [2.75, 3.05) is 13.1 Å². The fourth-order valence-corrected chi connectivity index (χ4v) is 2.31. The lowest BCUT2D eigenvalue weighted by Gasteiger charge is -2.23. The second-order valence-electron chi connectivity index (χ2n) is 5.76. The average Bonchev–Trinajstić information content (AvgIpc) is 3.25. The maximum absolute atomic E-state index is 13.2. The summed E-state index contributed by atoms with van der Waals surface area (Å²) in [4.78, 5) is 14.2. The van der Waals surface area contributed by atoms with Crippen LogP contribution in [0.5, 0.6) is 5.75 Å². The zero-order chi connectivity index (χ0) is 13.4. The molecule has 0 spiro atoms. The van der Waals surface area contributed by atoms with Gasteiger partial charge in [0.15, 0.2) is 0 Å². The molecule has 0 radical (unpaired) electrons. The van der Waals surface area contributed by atoms with Crippen LogP contribution in [0.25, 0.3) is 0 Å². The Morgan fingerprint density at radius 1 is 1.21 bits per heavy atom. The number of rotatable bonds is 5. The Labute approximate surface area is 112 Å². The summed E-state index contributed by atoms with van der Waals surface area (Å²) in [6.07, 6.45) is 4.68. The van der Waals surface area contributed by atoms with Crippen molar-refractivity contribution in [2.24, 2.45) is 11.8 Å². The van der Waals surface area contributed by atoms with Gasteiger partial charge in [-0.15, -0.1) is 0 Å². The molecule has 0 atom stereocenters. The van der Waals surface area contributed by atoms with Gasteiger partial charge in [0.2, 0.25) is 0 Å². The molecule has 102 valence electrons. The monoisotopic (exact) mass is 263 g/mol. The summed E-state index contributed by atoms with van der Waals surface area (Å²) in [6.45, 7) is 1.48. The third-order valence-corrected chi connectivity index (χ3v) is 3.83. The SMILES string of the molecule is O=C(c1cc(F)ccc1O)N(CC1CC1)CC1CC1. The molecule has 2 aliphatic carbocycles. The molecule has 0 bridgehead atoms. The van der Waals surface area contributed by atoms with E-state index < -0.39 is 5.82 Å². The zero-order valence-electron chi connectivity index (χ0n) is 10.8. The van der Waals surface area contributed by atoms with E-state index in [-0.39, 0.29) is 17.2 Å². The molecule has 0 aliphatic heterocycles. The van der Waals surface area contributed by atoms with Crippen LogP contribution in [0.1, 0.15) is 36.0 Å². The van der Waals surface area contributed by atoms with E-state index in [4.69, 9.17) is 0 Å². The topological polar surface area (TPSA) is 40.5 Å². The highest BCUT2D eigenvalue weighted by atomic mass is 19.1. The Morgan fingerprint density at radius 2 is 1.79 bits per heavy atom. The molecule has 1 aromatic carbocycles. The molecule has 2 saturated carbocycles. The molecule has 0 heterocycles. The van der Waals surface area contributed by atoms with Gasteiger partial charge in [-0.3, -0.25) is 4.79 Å². The van der Waals surface area contributed by atoms with Crippen molar-refractivity contribution in [1.82, 2.24) is 4.90 Å². The number of halogens is 1. The fraction of sp³-hybridized carbons (Fsp3) is 0.533. The molecule has 0 saturated heterocycles. The summed E-state index contributed by atoms with van der Waals surface area (Å²) >= 11 is 0. The van der Waals surface area contributed by atoms with E-state index >= 15 is 0 Å². The van der Waals surface area contributed by atoms with Gasteiger partial charge in [-0.05, 0) is 55.7 Å². The molecule has 4 heteroatoms. The Balaban J connectivity index is 1.78. The van der Waals surface area contributed by atoms with Crippen molar-refractivity contribution < 1.29 is 14.3 Å². The molecular formula is C15H18FNO2. The zero-order valence-corrected chi connectivity index (χ0v) is 10.8. The van der Waals surface area contributed by atoms with Crippen LogP contribution in [0.2, 0.25) is 0 Å². The summed E-state index contributed by atoms with van der Waals surface area (Å²) in [5.74, 6) is 0.328. The van der Waals surface area contributed by atoms with Gasteiger partial charge < -0.3 is 10.0 Å². The van der Waals surface area contributed by atoms with Crippen molar-refractivity contribution >= 4 is 5.91 Å². The maximum Gasteiger partial charge on any atom is 0.257 e. The van der Waals surface area contributed by atoms with E-state index in [1.807, 2.05) is 0 Å². The van der Waals surface area contributed by atoms with Gasteiger partial charge in [-0.1, -0.05) is 0 Å². The summed E-state index contributed by atoms with van der Waals surface area (Å²) in [6, 6.07) is 3.54. The van der Waals surface area contributed by atoms with Gasteiger partial charge in [0.1, 0.15) is 11.6 Å². The van der Waals surface area contributed by atoms with Crippen LogP contribution in [0.3, 0.4) is 0 Å². The molecule has 2 aliphatic rings. The van der Waals surface area contributed by atoms with Crippen LogP contribution in [-0.4, -0.2) is 29.0 Å². The predicted molar refractivity (Wildman–Crippen MR) is 69.4 cm³/mol. The first-order valence-corrected chi connectivity index (χ1v) is 6.91. The van der Waals surface area contributed by atoms with Gasteiger partial charge in [0.25, 0.3) is 5.91 Å². The third-order valence-electron chi connectivity index (χ3n) is 3.83. The highest BCUT2D eigenvalue weighted by molar-refractivity contribution is 5.96. The number of carbonyl (C=O) groups excluding carboxylic acids is 1. The van der Waals surface area contributed by atoms with Crippen molar-refractivity contribution in [3.05, 3.63) is 29.6 Å². The largest absolute Gasteiger partial charge is 0.507 e. The van der Waals surface area contributed by atoms with Crippen LogP contribution in [-0.2, 0) is 0 Å². The third kappa shape index (κ3) is 3.06. The number of carbonyl (C=O) groups is 1. The number of aromatic hydroxyl groups is 1. The van der Waals surface area contributed by atoms with E-state index in [0.29, 0.717) is 11.8 Å². The molecule has 1 N–H and O–H groups in total. The number of phenols is 1. The van der Waals surface area contributed by atoms with Crippen LogP contribution >= 0.6 is 0 Å². The Hall–Kier alpha value is -1.58. The Morgan fingerprint density at radius 3 is 2.32 bits per heavy atom. The number of hydrogen-bond acceptors (Lipinski definition) is 2. The van der Waals surface area contributed by atoms with Crippen molar-refractivity contribution in [3.8, 4) is 5.75 Å². The summed E-state index contributed by atoms with van der Waals surface area (Å²) in [7, 11) is 0. The summed E-state index contributed by atoms with van der Waals surface area (Å²) in [5.41, 5.74) is 0.0845. The lowest BCUT2D eigenvalue weighted by atomic mass is 10.1. The maximum atomic E-state index is 13.2.